The predicted octanol–water partition coefficient (Wildman–Crippen LogP) is 4.87. The number of hydrogen-bond donors (Lipinski definition) is 3. The zero-order valence-corrected chi connectivity index (χ0v) is 22.1. The molecule has 1 atom stereocenters. The molecule has 0 aliphatic carbocycles. The number of likely N-dealkylation sites (tertiary alicyclic amines) is 1. The fraction of sp³-hybridized carbons (Fsp3) is 0.276. The van der Waals surface area contributed by atoms with E-state index in [0.717, 1.165) is 60.8 Å². The van der Waals surface area contributed by atoms with E-state index in [4.69, 9.17) is 10.4 Å². The maximum atomic E-state index is 13.8. The van der Waals surface area contributed by atoms with Gasteiger partial charge in [0, 0.05) is 25.8 Å². The van der Waals surface area contributed by atoms with Gasteiger partial charge in [0.15, 0.2) is 0 Å². The van der Waals surface area contributed by atoms with Crippen molar-refractivity contribution in [1.29, 1.82) is 5.41 Å². The highest BCUT2D eigenvalue weighted by Crippen LogP contribution is 2.32. The molecule has 0 bridgehead atoms. The second-order valence-corrected chi connectivity index (χ2v) is 9.71. The Hall–Kier alpha value is -4.44. The Morgan fingerprint density at radius 2 is 1.95 bits per heavy atom. The number of aromatic nitrogens is 5. The van der Waals surface area contributed by atoms with Gasteiger partial charge < -0.3 is 20.1 Å². The Morgan fingerprint density at radius 1 is 1.13 bits per heavy atom. The smallest absolute Gasteiger partial charge is 0.223 e. The molecule has 0 spiro atoms. The molecule has 1 unspecified atom stereocenters. The van der Waals surface area contributed by atoms with Crippen LogP contribution in [0, 0.1) is 11.2 Å². The molecule has 1 aliphatic rings. The van der Waals surface area contributed by atoms with E-state index >= 15 is 0 Å². The molecule has 3 aromatic heterocycles. The summed E-state index contributed by atoms with van der Waals surface area (Å²) >= 11 is 0. The molecule has 1 fully saturated rings. The standard InChI is InChI=1S/C29H32FN9/c1-38(2)17-15-33-29-32-14-13-24(37-29)22-8-4-9-23(35-22)25-19-34-28(36-25)12-11-27(31)39-16-5-10-26(39)20-6-3-7-21(30)18-20/h3-4,6-9,11-14,18-19,26,31H,5,10,15-17H2,1-2H3,(H,34,36)(H,32,33,37). The Bertz CT molecular complexity index is 1460. The monoisotopic (exact) mass is 525 g/mol. The zero-order chi connectivity index (χ0) is 27.2. The van der Waals surface area contributed by atoms with Crippen molar-refractivity contribution in [2.75, 3.05) is 39.0 Å². The summed E-state index contributed by atoms with van der Waals surface area (Å²) in [5.41, 5.74) is 3.86. The highest BCUT2D eigenvalue weighted by molar-refractivity contribution is 5.94. The Balaban J connectivity index is 1.27. The van der Waals surface area contributed by atoms with Crippen LogP contribution in [0.25, 0.3) is 28.9 Å². The molecule has 9 nitrogen and oxygen atoms in total. The van der Waals surface area contributed by atoms with E-state index < -0.39 is 0 Å². The summed E-state index contributed by atoms with van der Waals surface area (Å²) in [4.78, 5) is 25.5. The molecule has 39 heavy (non-hydrogen) atoms. The summed E-state index contributed by atoms with van der Waals surface area (Å²) in [5, 5.41) is 11.9. The molecule has 0 saturated carbocycles. The van der Waals surface area contributed by atoms with Crippen molar-refractivity contribution in [3.8, 4) is 22.8 Å². The lowest BCUT2D eigenvalue weighted by Gasteiger charge is -2.26. The van der Waals surface area contributed by atoms with Gasteiger partial charge in [0.25, 0.3) is 0 Å². The molecule has 200 valence electrons. The number of imidazole rings is 1. The lowest BCUT2D eigenvalue weighted by molar-refractivity contribution is 0.399. The number of rotatable bonds is 9. The molecule has 1 saturated heterocycles. The number of likely N-dealkylation sites (N-methyl/N-ethyl adjacent to an activating group) is 1. The quantitative estimate of drug-likeness (QED) is 0.211. The number of H-pyrrole nitrogens is 1. The minimum absolute atomic E-state index is 0.00227. The summed E-state index contributed by atoms with van der Waals surface area (Å²) in [6, 6.07) is 14.3. The van der Waals surface area contributed by atoms with Crippen LogP contribution in [0.3, 0.4) is 0 Å². The lowest BCUT2D eigenvalue weighted by Crippen LogP contribution is -2.28. The van der Waals surface area contributed by atoms with Gasteiger partial charge in [-0.05, 0) is 75.0 Å². The molecule has 1 aliphatic heterocycles. The number of nitrogens with zero attached hydrogens (tertiary/aromatic N) is 6. The largest absolute Gasteiger partial charge is 0.353 e. The van der Waals surface area contributed by atoms with Crippen molar-refractivity contribution in [3.05, 3.63) is 84.2 Å². The first-order chi connectivity index (χ1) is 19.0. The maximum absolute atomic E-state index is 13.8. The first kappa shape index (κ1) is 26.2. The van der Waals surface area contributed by atoms with Gasteiger partial charge in [0.05, 0.1) is 35.0 Å². The lowest BCUT2D eigenvalue weighted by atomic mass is 10.0. The van der Waals surface area contributed by atoms with Gasteiger partial charge in [-0.25, -0.2) is 24.3 Å². The van der Waals surface area contributed by atoms with Crippen molar-refractivity contribution in [1.82, 2.24) is 34.7 Å². The van der Waals surface area contributed by atoms with Crippen LogP contribution in [0.15, 0.2) is 67.0 Å². The Kier molecular flexibility index (Phi) is 8.02. The number of halogens is 1. The molecular weight excluding hydrogens is 493 g/mol. The third-order valence-electron chi connectivity index (χ3n) is 6.58. The number of benzene rings is 1. The zero-order valence-electron chi connectivity index (χ0n) is 22.1. The van der Waals surface area contributed by atoms with Crippen LogP contribution in [-0.2, 0) is 0 Å². The van der Waals surface area contributed by atoms with Crippen LogP contribution in [0.5, 0.6) is 0 Å². The van der Waals surface area contributed by atoms with E-state index in [1.165, 1.54) is 6.07 Å². The second kappa shape index (κ2) is 12.0. The van der Waals surface area contributed by atoms with Gasteiger partial charge in [0.2, 0.25) is 5.95 Å². The Morgan fingerprint density at radius 3 is 2.79 bits per heavy atom. The van der Waals surface area contributed by atoms with Gasteiger partial charge in [0.1, 0.15) is 17.5 Å². The number of hydrogen-bond acceptors (Lipinski definition) is 7. The van der Waals surface area contributed by atoms with E-state index in [-0.39, 0.29) is 11.9 Å². The van der Waals surface area contributed by atoms with Gasteiger partial charge in [-0.3, -0.25) is 5.41 Å². The van der Waals surface area contributed by atoms with Gasteiger partial charge in [-0.1, -0.05) is 18.2 Å². The second-order valence-electron chi connectivity index (χ2n) is 9.71. The third kappa shape index (κ3) is 6.53. The SMILES string of the molecule is CN(C)CCNc1nccc(-c2cccc(-c3cnc(C=CC(=N)N4CCCC4c4cccc(F)c4)[nH]3)n2)n1. The van der Waals surface area contributed by atoms with E-state index in [0.29, 0.717) is 17.6 Å². The molecule has 4 aromatic rings. The highest BCUT2D eigenvalue weighted by Gasteiger charge is 2.27. The molecular formula is C29H32FN9. The Labute approximate surface area is 227 Å². The van der Waals surface area contributed by atoms with Crippen molar-refractivity contribution < 1.29 is 4.39 Å². The van der Waals surface area contributed by atoms with Gasteiger partial charge in [-0.2, -0.15) is 0 Å². The van der Waals surface area contributed by atoms with Crippen LogP contribution in [0.4, 0.5) is 10.3 Å². The molecule has 5 rings (SSSR count). The summed E-state index contributed by atoms with van der Waals surface area (Å²) in [6.45, 7) is 2.39. The highest BCUT2D eigenvalue weighted by atomic mass is 19.1. The van der Waals surface area contributed by atoms with Gasteiger partial charge in [-0.15, -0.1) is 0 Å². The molecule has 10 heteroatoms. The van der Waals surface area contributed by atoms with E-state index in [1.807, 2.05) is 49.3 Å². The normalized spacial score (nSPS) is 15.4. The summed E-state index contributed by atoms with van der Waals surface area (Å²) in [5.74, 6) is 1.31. The number of pyridine rings is 1. The first-order valence-corrected chi connectivity index (χ1v) is 13.0. The van der Waals surface area contributed by atoms with Crippen LogP contribution in [-0.4, -0.2) is 74.3 Å². The topological polar surface area (TPSA) is 110 Å². The van der Waals surface area contributed by atoms with Crippen molar-refractivity contribution in [2.45, 2.75) is 18.9 Å². The van der Waals surface area contributed by atoms with Gasteiger partial charge >= 0.3 is 0 Å². The van der Waals surface area contributed by atoms with Crippen molar-refractivity contribution >= 4 is 17.9 Å². The number of nitrogens with one attached hydrogen (secondary N) is 3. The van der Waals surface area contributed by atoms with Crippen molar-refractivity contribution in [3.63, 3.8) is 0 Å². The first-order valence-electron chi connectivity index (χ1n) is 13.0. The van der Waals surface area contributed by atoms with E-state index in [1.54, 1.807) is 36.7 Å². The van der Waals surface area contributed by atoms with E-state index in [2.05, 4.69) is 30.2 Å². The number of anilines is 1. The average Bonchev–Trinajstić information content (AvgIpc) is 3.62. The number of amidine groups is 1. The summed E-state index contributed by atoms with van der Waals surface area (Å²) in [7, 11) is 4.04. The maximum Gasteiger partial charge on any atom is 0.223 e. The fourth-order valence-electron chi connectivity index (χ4n) is 4.63. The average molecular weight is 526 g/mol. The van der Waals surface area contributed by atoms with Crippen molar-refractivity contribution in [2.24, 2.45) is 0 Å². The minimum Gasteiger partial charge on any atom is -0.353 e. The summed E-state index contributed by atoms with van der Waals surface area (Å²) < 4.78 is 13.8. The fourth-order valence-corrected chi connectivity index (χ4v) is 4.63. The molecule has 3 N–H and O–H groups in total. The number of aromatic amines is 1. The predicted molar refractivity (Wildman–Crippen MR) is 152 cm³/mol. The van der Waals surface area contributed by atoms with Crippen LogP contribution < -0.4 is 5.32 Å². The van der Waals surface area contributed by atoms with Crippen LogP contribution >= 0.6 is 0 Å². The molecule has 4 heterocycles. The van der Waals surface area contributed by atoms with Crippen LogP contribution in [0.1, 0.15) is 30.3 Å². The minimum atomic E-state index is -0.251. The van der Waals surface area contributed by atoms with E-state index in [9.17, 15) is 4.39 Å². The molecule has 0 amide bonds. The third-order valence-corrected chi connectivity index (χ3v) is 6.58. The molecule has 1 aromatic carbocycles. The summed E-state index contributed by atoms with van der Waals surface area (Å²) in [6.07, 6.45) is 8.83. The van der Waals surface area contributed by atoms with Crippen LogP contribution in [0.2, 0.25) is 0 Å². The molecule has 0 radical (unpaired) electrons.